The number of hydrogen-bond acceptors (Lipinski definition) is 6. The van der Waals surface area contributed by atoms with E-state index >= 15 is 0 Å². The third-order valence-corrected chi connectivity index (χ3v) is 6.54. The van der Waals surface area contributed by atoms with Gasteiger partial charge in [0, 0.05) is 38.8 Å². The third-order valence-electron chi connectivity index (χ3n) is 6.54. The van der Waals surface area contributed by atoms with Crippen molar-refractivity contribution in [3.05, 3.63) is 101 Å². The number of carbonyl (C=O) groups is 2. The Morgan fingerprint density at radius 1 is 0.921 bits per heavy atom. The second kappa shape index (κ2) is 12.6. The maximum absolute atomic E-state index is 14.1. The lowest BCUT2D eigenvalue weighted by atomic mass is 10.1. The van der Waals surface area contributed by atoms with Gasteiger partial charge < -0.3 is 19.1 Å². The highest BCUT2D eigenvalue weighted by Crippen LogP contribution is 2.25. The smallest absolute Gasteiger partial charge is 0.337 e. The lowest BCUT2D eigenvalue weighted by molar-refractivity contribution is 0.00327. The van der Waals surface area contributed by atoms with Crippen LogP contribution in [0.1, 0.15) is 37.9 Å². The van der Waals surface area contributed by atoms with E-state index in [1.807, 2.05) is 36.4 Å². The summed E-state index contributed by atoms with van der Waals surface area (Å²) >= 11 is 0. The van der Waals surface area contributed by atoms with Crippen LogP contribution in [0.4, 0.5) is 8.78 Å². The van der Waals surface area contributed by atoms with Crippen LogP contribution in [0.3, 0.4) is 0 Å². The average Bonchev–Trinajstić information content (AvgIpc) is 2.95. The van der Waals surface area contributed by atoms with Gasteiger partial charge >= 0.3 is 5.97 Å². The largest absolute Gasteiger partial charge is 0.497 e. The summed E-state index contributed by atoms with van der Waals surface area (Å²) in [6, 6.07) is 17.7. The minimum atomic E-state index is -0.858. The molecule has 0 aromatic heterocycles. The first kappa shape index (κ1) is 27.2. The predicted molar refractivity (Wildman–Crippen MR) is 137 cm³/mol. The zero-order valence-corrected chi connectivity index (χ0v) is 21.4. The van der Waals surface area contributed by atoms with Gasteiger partial charge in [-0.05, 0) is 47.5 Å². The Morgan fingerprint density at radius 2 is 1.66 bits per heavy atom. The topological polar surface area (TPSA) is 68.3 Å². The molecule has 0 spiro atoms. The molecule has 1 saturated heterocycles. The van der Waals surface area contributed by atoms with Crippen molar-refractivity contribution < 1.29 is 32.6 Å². The number of carbonyl (C=O) groups excluding carboxylic acids is 2. The molecule has 0 radical (unpaired) electrons. The van der Waals surface area contributed by atoms with Crippen LogP contribution in [0.25, 0.3) is 0 Å². The molecule has 38 heavy (non-hydrogen) atoms. The summed E-state index contributed by atoms with van der Waals surface area (Å²) in [7, 11) is 2.95. The minimum absolute atomic E-state index is 0.129. The molecule has 1 heterocycles. The van der Waals surface area contributed by atoms with Gasteiger partial charge in [-0.2, -0.15) is 0 Å². The van der Waals surface area contributed by atoms with E-state index in [0.717, 1.165) is 29.0 Å². The maximum Gasteiger partial charge on any atom is 0.337 e. The highest BCUT2D eigenvalue weighted by Gasteiger charge is 2.26. The molecule has 1 atom stereocenters. The van der Waals surface area contributed by atoms with Crippen molar-refractivity contribution >= 4 is 11.9 Å². The van der Waals surface area contributed by atoms with Gasteiger partial charge in [0.05, 0.1) is 38.1 Å². The van der Waals surface area contributed by atoms with E-state index in [2.05, 4.69) is 4.90 Å². The SMILES string of the molecule is COC(=O)c1ccc(CO[C@H](CN2CCN(C(=O)c3ccc(F)cc3F)CC2)c2cccc(OC)c2)cc1. The molecule has 200 valence electrons. The molecule has 0 saturated carbocycles. The number of methoxy groups -OCH3 is 2. The quantitative estimate of drug-likeness (QED) is 0.385. The first-order chi connectivity index (χ1) is 18.4. The van der Waals surface area contributed by atoms with E-state index in [9.17, 15) is 18.4 Å². The highest BCUT2D eigenvalue weighted by molar-refractivity contribution is 5.94. The van der Waals surface area contributed by atoms with E-state index in [1.165, 1.54) is 13.2 Å². The van der Waals surface area contributed by atoms with E-state index < -0.39 is 23.5 Å². The number of esters is 1. The van der Waals surface area contributed by atoms with E-state index in [-0.39, 0.29) is 11.7 Å². The van der Waals surface area contributed by atoms with E-state index in [0.29, 0.717) is 44.9 Å². The first-order valence-corrected chi connectivity index (χ1v) is 12.3. The molecule has 7 nitrogen and oxygen atoms in total. The zero-order valence-electron chi connectivity index (χ0n) is 21.4. The second-order valence-electron chi connectivity index (χ2n) is 8.98. The summed E-state index contributed by atoms with van der Waals surface area (Å²) in [5.74, 6) is -1.70. The zero-order chi connectivity index (χ0) is 27.1. The molecule has 0 aliphatic carbocycles. The highest BCUT2D eigenvalue weighted by atomic mass is 19.1. The Bertz CT molecular complexity index is 1260. The molecule has 0 bridgehead atoms. The maximum atomic E-state index is 14.1. The fraction of sp³-hybridized carbons (Fsp3) is 0.310. The standard InChI is InChI=1S/C29H30F2N2O5/c1-36-24-5-3-4-22(16-24)27(38-19-20-6-8-21(9-7-20)29(35)37-2)18-32-12-14-33(15-13-32)28(34)25-11-10-23(30)17-26(25)31/h3-11,16-17,27H,12-15,18-19H2,1-2H3/t27-/m1/s1. The van der Waals surface area contributed by atoms with Gasteiger partial charge in [0.1, 0.15) is 17.4 Å². The Morgan fingerprint density at radius 3 is 2.32 bits per heavy atom. The van der Waals surface area contributed by atoms with Crippen molar-refractivity contribution in [1.29, 1.82) is 0 Å². The third kappa shape index (κ3) is 6.73. The number of amides is 1. The summed E-state index contributed by atoms with van der Waals surface area (Å²) in [5, 5.41) is 0. The molecular weight excluding hydrogens is 494 g/mol. The van der Waals surface area contributed by atoms with Crippen molar-refractivity contribution in [2.24, 2.45) is 0 Å². The predicted octanol–water partition coefficient (Wildman–Crippen LogP) is 4.48. The van der Waals surface area contributed by atoms with Gasteiger partial charge in [-0.15, -0.1) is 0 Å². The fourth-order valence-electron chi connectivity index (χ4n) is 4.35. The van der Waals surface area contributed by atoms with Crippen LogP contribution < -0.4 is 4.74 Å². The molecule has 4 rings (SSSR count). The van der Waals surface area contributed by atoms with Gasteiger partial charge in [-0.25, -0.2) is 13.6 Å². The fourth-order valence-corrected chi connectivity index (χ4v) is 4.35. The van der Waals surface area contributed by atoms with Crippen molar-refractivity contribution in [3.63, 3.8) is 0 Å². The number of piperazine rings is 1. The Labute approximate surface area is 220 Å². The van der Waals surface area contributed by atoms with Gasteiger partial charge in [0.15, 0.2) is 0 Å². The first-order valence-electron chi connectivity index (χ1n) is 12.3. The Hall–Kier alpha value is -3.82. The number of hydrogen-bond donors (Lipinski definition) is 0. The molecule has 1 aliphatic rings. The minimum Gasteiger partial charge on any atom is -0.497 e. The van der Waals surface area contributed by atoms with Crippen LogP contribution in [0.2, 0.25) is 0 Å². The molecule has 0 N–H and O–H groups in total. The summed E-state index contributed by atoms with van der Waals surface area (Å²) in [4.78, 5) is 28.2. The van der Waals surface area contributed by atoms with Gasteiger partial charge in [-0.1, -0.05) is 24.3 Å². The normalized spacial score (nSPS) is 14.7. The van der Waals surface area contributed by atoms with Crippen LogP contribution in [-0.2, 0) is 16.1 Å². The van der Waals surface area contributed by atoms with Crippen LogP contribution in [0, 0.1) is 11.6 Å². The molecule has 1 fully saturated rings. The number of benzene rings is 3. The van der Waals surface area contributed by atoms with Gasteiger partial charge in [-0.3, -0.25) is 9.69 Å². The van der Waals surface area contributed by atoms with Crippen molar-refractivity contribution in [1.82, 2.24) is 9.80 Å². The van der Waals surface area contributed by atoms with E-state index in [1.54, 1.807) is 24.1 Å². The molecule has 3 aromatic rings. The second-order valence-corrected chi connectivity index (χ2v) is 8.98. The van der Waals surface area contributed by atoms with Crippen molar-refractivity contribution in [3.8, 4) is 5.75 Å². The summed E-state index contributed by atoms with van der Waals surface area (Å²) < 4.78 is 43.8. The van der Waals surface area contributed by atoms with Crippen molar-refractivity contribution in [2.45, 2.75) is 12.7 Å². The molecule has 0 unspecified atom stereocenters. The van der Waals surface area contributed by atoms with Crippen LogP contribution in [-0.4, -0.2) is 68.6 Å². The van der Waals surface area contributed by atoms with E-state index in [4.69, 9.17) is 14.2 Å². The molecule has 1 aliphatic heterocycles. The Kier molecular flexibility index (Phi) is 9.04. The number of rotatable bonds is 9. The van der Waals surface area contributed by atoms with Crippen LogP contribution in [0.5, 0.6) is 5.75 Å². The van der Waals surface area contributed by atoms with Crippen molar-refractivity contribution in [2.75, 3.05) is 46.9 Å². The average molecular weight is 525 g/mol. The molecule has 1 amide bonds. The summed E-state index contributed by atoms with van der Waals surface area (Å²) in [6.45, 7) is 2.87. The number of halogens is 2. The molecule has 3 aromatic carbocycles. The number of nitrogens with zero attached hydrogens (tertiary/aromatic N) is 2. The van der Waals surface area contributed by atoms with Gasteiger partial charge in [0.2, 0.25) is 0 Å². The molecule has 9 heteroatoms. The monoisotopic (exact) mass is 524 g/mol. The number of ether oxygens (including phenoxy) is 3. The Balaban J connectivity index is 1.41. The van der Waals surface area contributed by atoms with Crippen LogP contribution in [0.15, 0.2) is 66.7 Å². The lowest BCUT2D eigenvalue weighted by Gasteiger charge is -2.36. The van der Waals surface area contributed by atoms with Crippen LogP contribution >= 0.6 is 0 Å². The lowest BCUT2D eigenvalue weighted by Crippen LogP contribution is -2.49. The molecular formula is C29H30F2N2O5. The summed E-state index contributed by atoms with van der Waals surface area (Å²) in [5.41, 5.74) is 2.19. The van der Waals surface area contributed by atoms with Gasteiger partial charge in [0.25, 0.3) is 5.91 Å². The summed E-state index contributed by atoms with van der Waals surface area (Å²) in [6.07, 6.45) is -0.290.